The van der Waals surface area contributed by atoms with Crippen LogP contribution in [0, 0.1) is 18.8 Å². The molecule has 50 heavy (non-hydrogen) atoms. The van der Waals surface area contributed by atoms with E-state index in [-0.39, 0.29) is 17.8 Å². The number of nitrogens with one attached hydrogen (secondary N) is 1. The zero-order valence-corrected chi connectivity index (χ0v) is 31.5. The normalized spacial score (nSPS) is 11.8. The molecule has 2 atom stereocenters. The van der Waals surface area contributed by atoms with Crippen LogP contribution < -0.4 is 5.32 Å². The molecular weight excluding hydrogens is 624 g/mol. The Hall–Kier alpha value is -4.52. The minimum Gasteiger partial charge on any atom is -0.462 e. The molecule has 0 aliphatic rings. The van der Waals surface area contributed by atoms with Gasteiger partial charge in [-0.25, -0.2) is 9.59 Å². The van der Waals surface area contributed by atoms with Gasteiger partial charge in [0.05, 0.1) is 13.2 Å². The summed E-state index contributed by atoms with van der Waals surface area (Å²) in [6, 6.07) is 20.3. The van der Waals surface area contributed by atoms with E-state index < -0.39 is 0 Å². The number of carbonyl (C=O) groups excluding carboxylic acids is 3. The summed E-state index contributed by atoms with van der Waals surface area (Å²) in [5, 5.41) is 2.85. The minimum atomic E-state index is -0.353. The third-order valence-electron chi connectivity index (χ3n) is 7.95. The van der Waals surface area contributed by atoms with E-state index >= 15 is 0 Å². The lowest BCUT2D eigenvalue weighted by molar-refractivity contribution is -0.140. The van der Waals surface area contributed by atoms with Gasteiger partial charge in [0.2, 0.25) is 0 Å². The van der Waals surface area contributed by atoms with Gasteiger partial charge in [-0.05, 0) is 85.2 Å². The number of aromatic nitrogens is 1. The second-order valence-corrected chi connectivity index (χ2v) is 11.9. The van der Waals surface area contributed by atoms with Crippen molar-refractivity contribution < 1.29 is 23.9 Å². The van der Waals surface area contributed by atoms with Crippen molar-refractivity contribution in [3.05, 3.63) is 107 Å². The first-order chi connectivity index (χ1) is 24.3. The van der Waals surface area contributed by atoms with E-state index in [1.165, 1.54) is 25.0 Å². The van der Waals surface area contributed by atoms with Gasteiger partial charge in [-0.2, -0.15) is 0 Å². The topological polar surface area (TPSA) is 94.6 Å². The van der Waals surface area contributed by atoms with E-state index in [0.29, 0.717) is 30.6 Å². The lowest BCUT2D eigenvalue weighted by atomic mass is 10.0. The fourth-order valence-electron chi connectivity index (χ4n) is 4.71. The fraction of sp³-hybridized carbons (Fsp3) is 0.442. The number of hydrogen-bond acceptors (Lipinski definition) is 6. The van der Waals surface area contributed by atoms with Crippen LogP contribution in [0.2, 0.25) is 0 Å². The standard InChI is InChI=1S/C24H29NO3.C17H25NO2.C2H6/c1-3-5-10-19(4-2)18-28-23(26)16-15-20-11-9-12-21(17-20)24(27)25-22-13-7-6-8-14-22;1-4-6-7-15(5-2)13-20-17(19)11-10-16-9-8-14(3)18-12-16;1-2/h6-9,11-17,19H,3-5,10,18H2,1-2H3,(H,25,27);8-12,15H,4-7,13H2,1-3H3;1-2H3/b16-15+;11-10+;. The molecule has 0 radical (unpaired) electrons. The summed E-state index contributed by atoms with van der Waals surface area (Å²) in [6.45, 7) is 15.5. The van der Waals surface area contributed by atoms with Crippen molar-refractivity contribution in [1.82, 2.24) is 4.98 Å². The first kappa shape index (κ1) is 43.5. The summed E-state index contributed by atoms with van der Waals surface area (Å²) in [5.41, 5.74) is 3.92. The molecular formula is C43H60N2O5. The van der Waals surface area contributed by atoms with Gasteiger partial charge >= 0.3 is 11.9 Å². The van der Waals surface area contributed by atoms with E-state index in [2.05, 4.69) is 38.0 Å². The predicted molar refractivity (Wildman–Crippen MR) is 208 cm³/mol. The number of benzene rings is 2. The van der Waals surface area contributed by atoms with Crippen LogP contribution in [0.15, 0.2) is 85.1 Å². The molecule has 0 spiro atoms. The number of para-hydroxylation sites is 1. The Morgan fingerprint density at radius 3 is 1.78 bits per heavy atom. The summed E-state index contributed by atoms with van der Waals surface area (Å²) < 4.78 is 10.7. The molecule has 0 aliphatic heterocycles. The highest BCUT2D eigenvalue weighted by Crippen LogP contribution is 2.15. The van der Waals surface area contributed by atoms with E-state index in [4.69, 9.17) is 9.47 Å². The van der Waals surface area contributed by atoms with Crippen molar-refractivity contribution in [3.8, 4) is 0 Å². The molecule has 3 rings (SSSR count). The molecule has 1 aromatic heterocycles. The number of amides is 1. The number of hydrogen-bond donors (Lipinski definition) is 1. The first-order valence-corrected chi connectivity index (χ1v) is 18.4. The van der Waals surface area contributed by atoms with Gasteiger partial charge in [0.15, 0.2) is 0 Å². The van der Waals surface area contributed by atoms with Crippen molar-refractivity contribution in [2.24, 2.45) is 11.8 Å². The van der Waals surface area contributed by atoms with E-state index in [1.807, 2.05) is 69.3 Å². The number of esters is 2. The van der Waals surface area contributed by atoms with Crippen LogP contribution in [-0.4, -0.2) is 36.0 Å². The van der Waals surface area contributed by atoms with Crippen LogP contribution in [0.5, 0.6) is 0 Å². The molecule has 1 amide bonds. The fourth-order valence-corrected chi connectivity index (χ4v) is 4.71. The quantitative estimate of drug-likeness (QED) is 0.106. The molecule has 7 nitrogen and oxygen atoms in total. The van der Waals surface area contributed by atoms with Crippen LogP contribution in [0.1, 0.15) is 120 Å². The molecule has 2 unspecified atom stereocenters. The number of carbonyl (C=O) groups is 3. The predicted octanol–water partition coefficient (Wildman–Crippen LogP) is 10.9. The van der Waals surface area contributed by atoms with E-state index in [1.54, 1.807) is 36.5 Å². The van der Waals surface area contributed by atoms with Gasteiger partial charge in [0, 0.05) is 35.3 Å². The third kappa shape index (κ3) is 19.5. The number of anilines is 1. The Morgan fingerprint density at radius 2 is 1.28 bits per heavy atom. The highest BCUT2D eigenvalue weighted by atomic mass is 16.5. The van der Waals surface area contributed by atoms with Gasteiger partial charge in [0.25, 0.3) is 5.91 Å². The Labute approximate surface area is 301 Å². The number of ether oxygens (including phenoxy) is 2. The third-order valence-corrected chi connectivity index (χ3v) is 7.95. The first-order valence-electron chi connectivity index (χ1n) is 18.4. The molecule has 272 valence electrons. The maximum Gasteiger partial charge on any atom is 0.330 e. The molecule has 0 saturated heterocycles. The Kier molecular flexibility index (Phi) is 23.8. The smallest absolute Gasteiger partial charge is 0.330 e. The minimum absolute atomic E-state index is 0.189. The van der Waals surface area contributed by atoms with Crippen molar-refractivity contribution in [1.29, 1.82) is 0 Å². The zero-order valence-electron chi connectivity index (χ0n) is 31.5. The second kappa shape index (κ2) is 27.3. The maximum absolute atomic E-state index is 12.4. The van der Waals surface area contributed by atoms with Crippen molar-refractivity contribution >= 4 is 35.7 Å². The number of rotatable bonds is 18. The highest BCUT2D eigenvalue weighted by Gasteiger charge is 2.10. The zero-order chi connectivity index (χ0) is 37.0. The summed E-state index contributed by atoms with van der Waals surface area (Å²) in [5.74, 6) is 0.0796. The molecule has 0 fully saturated rings. The Morgan fingerprint density at radius 1 is 0.720 bits per heavy atom. The summed E-state index contributed by atoms with van der Waals surface area (Å²) >= 11 is 0. The largest absolute Gasteiger partial charge is 0.462 e. The molecule has 7 heteroatoms. The average molecular weight is 685 g/mol. The summed E-state index contributed by atoms with van der Waals surface area (Å²) in [6.07, 6.45) is 17.0. The molecule has 0 saturated carbocycles. The Balaban J connectivity index is 0.000000501. The number of aryl methyl sites for hydroxylation is 1. The molecule has 1 heterocycles. The summed E-state index contributed by atoms with van der Waals surface area (Å²) in [7, 11) is 0. The van der Waals surface area contributed by atoms with Gasteiger partial charge in [0.1, 0.15) is 0 Å². The van der Waals surface area contributed by atoms with Crippen LogP contribution in [0.25, 0.3) is 12.2 Å². The molecule has 2 aromatic carbocycles. The molecule has 0 bridgehead atoms. The van der Waals surface area contributed by atoms with Gasteiger partial charge in [-0.15, -0.1) is 0 Å². The molecule has 3 aromatic rings. The highest BCUT2D eigenvalue weighted by molar-refractivity contribution is 6.04. The van der Waals surface area contributed by atoms with Gasteiger partial charge in [-0.1, -0.05) is 116 Å². The number of unbranched alkanes of at least 4 members (excludes halogenated alkanes) is 2. The van der Waals surface area contributed by atoms with Crippen molar-refractivity contribution in [3.63, 3.8) is 0 Å². The number of pyridine rings is 1. The molecule has 0 aliphatic carbocycles. The van der Waals surface area contributed by atoms with E-state index in [0.717, 1.165) is 61.0 Å². The van der Waals surface area contributed by atoms with Crippen LogP contribution in [-0.2, 0) is 19.1 Å². The van der Waals surface area contributed by atoms with Crippen LogP contribution >= 0.6 is 0 Å². The number of nitrogens with zero attached hydrogens (tertiary/aromatic N) is 1. The summed E-state index contributed by atoms with van der Waals surface area (Å²) in [4.78, 5) is 40.2. The second-order valence-electron chi connectivity index (χ2n) is 11.9. The Bertz CT molecular complexity index is 1420. The maximum atomic E-state index is 12.4. The average Bonchev–Trinajstić information content (AvgIpc) is 3.15. The van der Waals surface area contributed by atoms with Crippen molar-refractivity contribution in [2.75, 3.05) is 18.5 Å². The van der Waals surface area contributed by atoms with Gasteiger partial charge < -0.3 is 14.8 Å². The lowest BCUT2D eigenvalue weighted by Crippen LogP contribution is -2.12. The van der Waals surface area contributed by atoms with Crippen LogP contribution in [0.3, 0.4) is 0 Å². The van der Waals surface area contributed by atoms with Crippen LogP contribution in [0.4, 0.5) is 5.69 Å². The monoisotopic (exact) mass is 684 g/mol. The SMILES string of the molecule is CC.CCCCC(CC)COC(=O)/C=C/c1ccc(C)nc1.CCCCC(CC)COC(=O)/C=C/c1cccc(C(=O)Nc2ccccc2)c1. The van der Waals surface area contributed by atoms with Crippen molar-refractivity contribution in [2.45, 2.75) is 99.8 Å². The lowest BCUT2D eigenvalue weighted by Gasteiger charge is -2.13. The molecule has 1 N–H and O–H groups in total. The van der Waals surface area contributed by atoms with Gasteiger partial charge in [-0.3, -0.25) is 9.78 Å². The van der Waals surface area contributed by atoms with E-state index in [9.17, 15) is 14.4 Å².